The maximum Gasteiger partial charge on any atom is 0.240 e. The lowest BCUT2D eigenvalue weighted by molar-refractivity contribution is -0.131. The standard InChI is InChI=1S/C9H16N2OS/c1-3-5-11(4-2)9(12)8-6-13-7-10-8/h3,8,10H,1,4-7H2,2H3. The van der Waals surface area contributed by atoms with Crippen LogP contribution in [0.1, 0.15) is 6.92 Å². The average Bonchev–Trinajstić information content (AvgIpc) is 2.65. The van der Waals surface area contributed by atoms with Crippen molar-refractivity contribution < 1.29 is 4.79 Å². The van der Waals surface area contributed by atoms with Crippen LogP contribution in [0, 0.1) is 0 Å². The van der Waals surface area contributed by atoms with Crippen molar-refractivity contribution in [1.29, 1.82) is 0 Å². The van der Waals surface area contributed by atoms with Gasteiger partial charge in [-0.3, -0.25) is 10.1 Å². The molecule has 0 bridgehead atoms. The van der Waals surface area contributed by atoms with E-state index in [0.29, 0.717) is 6.54 Å². The molecule has 0 aromatic heterocycles. The highest BCUT2D eigenvalue weighted by Gasteiger charge is 2.25. The van der Waals surface area contributed by atoms with Gasteiger partial charge in [0.1, 0.15) is 0 Å². The number of hydrogen-bond donors (Lipinski definition) is 1. The minimum atomic E-state index is 0.0184. The average molecular weight is 200 g/mol. The maximum atomic E-state index is 11.8. The van der Waals surface area contributed by atoms with Crippen LogP contribution in [0.15, 0.2) is 12.7 Å². The number of thioether (sulfide) groups is 1. The van der Waals surface area contributed by atoms with Gasteiger partial charge in [0.2, 0.25) is 5.91 Å². The lowest BCUT2D eigenvalue weighted by Gasteiger charge is -2.22. The van der Waals surface area contributed by atoms with Crippen LogP contribution in [-0.2, 0) is 4.79 Å². The Kier molecular flexibility index (Phi) is 4.32. The minimum Gasteiger partial charge on any atom is -0.338 e. The van der Waals surface area contributed by atoms with Crippen LogP contribution in [0.25, 0.3) is 0 Å². The second kappa shape index (κ2) is 5.29. The van der Waals surface area contributed by atoms with Crippen molar-refractivity contribution in [2.75, 3.05) is 24.7 Å². The third-order valence-electron chi connectivity index (χ3n) is 2.06. The van der Waals surface area contributed by atoms with Gasteiger partial charge in [-0.25, -0.2) is 0 Å². The van der Waals surface area contributed by atoms with Gasteiger partial charge in [-0.1, -0.05) is 6.08 Å². The predicted octanol–water partition coefficient (Wildman–Crippen LogP) is 0.683. The summed E-state index contributed by atoms with van der Waals surface area (Å²) in [6, 6.07) is 0.0184. The Morgan fingerprint density at radius 1 is 1.85 bits per heavy atom. The van der Waals surface area contributed by atoms with Crippen LogP contribution in [0.5, 0.6) is 0 Å². The first kappa shape index (κ1) is 10.6. The first-order valence-corrected chi connectivity index (χ1v) is 5.65. The SMILES string of the molecule is C=CCN(CC)C(=O)C1CSCN1. The van der Waals surface area contributed by atoms with E-state index >= 15 is 0 Å². The molecule has 13 heavy (non-hydrogen) atoms. The first-order chi connectivity index (χ1) is 6.29. The van der Waals surface area contributed by atoms with E-state index in [1.165, 1.54) is 0 Å². The summed E-state index contributed by atoms with van der Waals surface area (Å²) in [7, 11) is 0. The van der Waals surface area contributed by atoms with E-state index in [1.54, 1.807) is 17.8 Å². The molecule has 1 atom stereocenters. The van der Waals surface area contributed by atoms with E-state index in [0.717, 1.165) is 18.2 Å². The fraction of sp³-hybridized carbons (Fsp3) is 0.667. The van der Waals surface area contributed by atoms with Gasteiger partial charge in [0.05, 0.1) is 6.04 Å². The van der Waals surface area contributed by atoms with E-state index < -0.39 is 0 Å². The number of nitrogens with one attached hydrogen (secondary N) is 1. The highest BCUT2D eigenvalue weighted by atomic mass is 32.2. The van der Waals surface area contributed by atoms with Crippen molar-refractivity contribution in [3.63, 3.8) is 0 Å². The molecule has 1 amide bonds. The molecule has 4 heteroatoms. The molecule has 74 valence electrons. The summed E-state index contributed by atoms with van der Waals surface area (Å²) < 4.78 is 0. The molecule has 0 aliphatic carbocycles. The van der Waals surface area contributed by atoms with Gasteiger partial charge in [0.15, 0.2) is 0 Å². The molecule has 0 aromatic carbocycles. The van der Waals surface area contributed by atoms with Gasteiger partial charge < -0.3 is 4.90 Å². The summed E-state index contributed by atoms with van der Waals surface area (Å²) in [5, 5.41) is 3.17. The molecule has 1 aliphatic heterocycles. The quantitative estimate of drug-likeness (QED) is 0.677. The molecular formula is C9H16N2OS. The first-order valence-electron chi connectivity index (χ1n) is 4.50. The van der Waals surface area contributed by atoms with Crippen LogP contribution in [0.2, 0.25) is 0 Å². The van der Waals surface area contributed by atoms with Gasteiger partial charge in [-0.05, 0) is 6.92 Å². The summed E-state index contributed by atoms with van der Waals surface area (Å²) in [6.07, 6.45) is 1.77. The molecule has 1 N–H and O–H groups in total. The number of amides is 1. The van der Waals surface area contributed by atoms with E-state index in [9.17, 15) is 4.79 Å². The minimum absolute atomic E-state index is 0.0184. The Morgan fingerprint density at radius 3 is 3.08 bits per heavy atom. The topological polar surface area (TPSA) is 32.3 Å². The van der Waals surface area contributed by atoms with E-state index in [4.69, 9.17) is 0 Å². The van der Waals surface area contributed by atoms with Crippen LogP contribution >= 0.6 is 11.8 Å². The molecule has 3 nitrogen and oxygen atoms in total. The smallest absolute Gasteiger partial charge is 0.240 e. The number of likely N-dealkylation sites (N-methyl/N-ethyl adjacent to an activating group) is 1. The third kappa shape index (κ3) is 2.74. The summed E-state index contributed by atoms with van der Waals surface area (Å²) >= 11 is 1.77. The lowest BCUT2D eigenvalue weighted by Crippen LogP contribution is -2.44. The molecule has 1 unspecified atom stereocenters. The molecule has 1 heterocycles. The molecule has 1 saturated heterocycles. The number of carbonyl (C=O) groups is 1. The van der Waals surface area contributed by atoms with Crippen molar-refractivity contribution >= 4 is 17.7 Å². The Bertz CT molecular complexity index is 190. The molecule has 0 aromatic rings. The number of rotatable bonds is 4. The molecule has 0 saturated carbocycles. The van der Waals surface area contributed by atoms with Crippen LogP contribution in [-0.4, -0.2) is 41.6 Å². The Morgan fingerprint density at radius 2 is 2.62 bits per heavy atom. The zero-order valence-corrected chi connectivity index (χ0v) is 8.77. The Labute approximate surface area is 83.6 Å². The maximum absolute atomic E-state index is 11.8. The van der Waals surface area contributed by atoms with Crippen molar-refractivity contribution in [3.8, 4) is 0 Å². The highest BCUT2D eigenvalue weighted by molar-refractivity contribution is 7.99. The molecule has 1 aliphatic rings. The largest absolute Gasteiger partial charge is 0.338 e. The van der Waals surface area contributed by atoms with Gasteiger partial charge in [0.25, 0.3) is 0 Å². The molecule has 0 radical (unpaired) electrons. The van der Waals surface area contributed by atoms with Gasteiger partial charge in [0, 0.05) is 24.7 Å². The Balaban J connectivity index is 2.46. The zero-order valence-electron chi connectivity index (χ0n) is 7.95. The van der Waals surface area contributed by atoms with E-state index in [-0.39, 0.29) is 11.9 Å². The van der Waals surface area contributed by atoms with Gasteiger partial charge in [-0.15, -0.1) is 18.3 Å². The second-order valence-corrected chi connectivity index (χ2v) is 3.97. The van der Waals surface area contributed by atoms with Crippen molar-refractivity contribution in [3.05, 3.63) is 12.7 Å². The van der Waals surface area contributed by atoms with Gasteiger partial charge in [-0.2, -0.15) is 0 Å². The highest BCUT2D eigenvalue weighted by Crippen LogP contribution is 2.11. The number of hydrogen-bond acceptors (Lipinski definition) is 3. The Hall–Kier alpha value is -0.480. The number of nitrogens with zero attached hydrogens (tertiary/aromatic N) is 1. The zero-order chi connectivity index (χ0) is 9.68. The van der Waals surface area contributed by atoms with Crippen LogP contribution < -0.4 is 5.32 Å². The fourth-order valence-electron chi connectivity index (χ4n) is 1.30. The lowest BCUT2D eigenvalue weighted by atomic mass is 10.3. The molecular weight excluding hydrogens is 184 g/mol. The summed E-state index contributed by atoms with van der Waals surface area (Å²) in [5.41, 5.74) is 0. The molecule has 1 rings (SSSR count). The third-order valence-corrected chi connectivity index (χ3v) is 3.00. The summed E-state index contributed by atoms with van der Waals surface area (Å²) in [6.45, 7) is 7.04. The van der Waals surface area contributed by atoms with E-state index in [1.807, 2.05) is 11.8 Å². The number of carbonyl (C=O) groups excluding carboxylic acids is 1. The summed E-state index contributed by atoms with van der Waals surface area (Å²) in [4.78, 5) is 13.6. The fourth-order valence-corrected chi connectivity index (χ4v) is 2.24. The van der Waals surface area contributed by atoms with Gasteiger partial charge >= 0.3 is 0 Å². The monoisotopic (exact) mass is 200 g/mol. The van der Waals surface area contributed by atoms with Crippen molar-refractivity contribution in [2.45, 2.75) is 13.0 Å². The second-order valence-electron chi connectivity index (χ2n) is 2.94. The molecule has 1 fully saturated rings. The van der Waals surface area contributed by atoms with Crippen molar-refractivity contribution in [1.82, 2.24) is 10.2 Å². The normalized spacial score (nSPS) is 21.5. The van der Waals surface area contributed by atoms with Crippen LogP contribution in [0.4, 0.5) is 0 Å². The van der Waals surface area contributed by atoms with Crippen molar-refractivity contribution in [2.24, 2.45) is 0 Å². The van der Waals surface area contributed by atoms with Crippen LogP contribution in [0.3, 0.4) is 0 Å². The molecule has 0 spiro atoms. The summed E-state index contributed by atoms with van der Waals surface area (Å²) in [5.74, 6) is 1.99. The van der Waals surface area contributed by atoms with E-state index in [2.05, 4.69) is 11.9 Å². The predicted molar refractivity (Wildman–Crippen MR) is 56.7 cm³/mol.